The lowest BCUT2D eigenvalue weighted by Crippen LogP contribution is -2.26. The summed E-state index contributed by atoms with van der Waals surface area (Å²) >= 11 is 0. The minimum absolute atomic E-state index is 0.0731. The van der Waals surface area contributed by atoms with E-state index in [1.165, 1.54) is 4.90 Å². The summed E-state index contributed by atoms with van der Waals surface area (Å²) in [5.74, 6) is -1.67. The van der Waals surface area contributed by atoms with Crippen LogP contribution < -0.4 is 4.90 Å². The summed E-state index contributed by atoms with van der Waals surface area (Å²) in [4.78, 5) is 24.0. The highest BCUT2D eigenvalue weighted by molar-refractivity contribution is 5.99. The van der Waals surface area contributed by atoms with Gasteiger partial charge >= 0.3 is 5.97 Å². The number of anilines is 1. The Hall–Kier alpha value is -1.85. The molecule has 1 aromatic heterocycles. The quantitative estimate of drug-likeness (QED) is 0.775. The lowest BCUT2D eigenvalue weighted by Gasteiger charge is -2.14. The molecule has 0 radical (unpaired) electrons. The predicted molar refractivity (Wildman–Crippen MR) is 56.0 cm³/mol. The van der Waals surface area contributed by atoms with E-state index in [4.69, 9.17) is 5.11 Å². The van der Waals surface area contributed by atoms with Crippen molar-refractivity contribution in [2.75, 3.05) is 11.4 Å². The first-order valence-corrected chi connectivity index (χ1v) is 5.02. The fourth-order valence-corrected chi connectivity index (χ4v) is 1.86. The largest absolute Gasteiger partial charge is 0.481 e. The first-order valence-electron chi connectivity index (χ1n) is 5.02. The standard InChI is InChI=1S/C10H13N3O3/c1-6-8(4-11-12(6)2)13-5-7(10(15)16)3-9(13)14/h4,7H,3,5H2,1-2H3,(H,15,16). The van der Waals surface area contributed by atoms with E-state index >= 15 is 0 Å². The van der Waals surface area contributed by atoms with E-state index in [0.29, 0.717) is 5.69 Å². The number of rotatable bonds is 2. The van der Waals surface area contributed by atoms with Crippen molar-refractivity contribution in [1.29, 1.82) is 0 Å². The van der Waals surface area contributed by atoms with Crippen LogP contribution in [0.5, 0.6) is 0 Å². The van der Waals surface area contributed by atoms with Gasteiger partial charge in [0.25, 0.3) is 0 Å². The summed E-state index contributed by atoms with van der Waals surface area (Å²) in [5, 5.41) is 12.9. The summed E-state index contributed by atoms with van der Waals surface area (Å²) in [5.41, 5.74) is 1.57. The average molecular weight is 223 g/mol. The molecule has 1 aromatic rings. The van der Waals surface area contributed by atoms with Gasteiger partial charge in [0.15, 0.2) is 0 Å². The molecule has 1 atom stereocenters. The molecule has 1 saturated heterocycles. The number of hydrogen-bond acceptors (Lipinski definition) is 3. The van der Waals surface area contributed by atoms with Crippen molar-refractivity contribution in [1.82, 2.24) is 9.78 Å². The van der Waals surface area contributed by atoms with Crippen LogP contribution in [0.15, 0.2) is 6.20 Å². The van der Waals surface area contributed by atoms with Crippen LogP contribution in [0.3, 0.4) is 0 Å². The molecule has 0 aliphatic carbocycles. The Balaban J connectivity index is 2.26. The van der Waals surface area contributed by atoms with Crippen molar-refractivity contribution < 1.29 is 14.7 Å². The van der Waals surface area contributed by atoms with E-state index in [9.17, 15) is 9.59 Å². The fraction of sp³-hybridized carbons (Fsp3) is 0.500. The molecule has 1 aliphatic rings. The Kier molecular flexibility index (Phi) is 2.41. The molecule has 0 bridgehead atoms. The Morgan fingerprint density at radius 1 is 1.62 bits per heavy atom. The Morgan fingerprint density at radius 3 is 2.75 bits per heavy atom. The molecular formula is C10H13N3O3. The maximum Gasteiger partial charge on any atom is 0.308 e. The molecule has 16 heavy (non-hydrogen) atoms. The molecule has 6 heteroatoms. The van der Waals surface area contributed by atoms with Gasteiger partial charge in [0, 0.05) is 20.0 Å². The van der Waals surface area contributed by atoms with Crippen LogP contribution >= 0.6 is 0 Å². The number of nitrogens with zero attached hydrogens (tertiary/aromatic N) is 3. The predicted octanol–water partition coefficient (Wildman–Crippen LogP) is 0.166. The number of aliphatic carboxylic acids is 1. The minimum atomic E-state index is -0.919. The Bertz CT molecular complexity index is 452. The molecule has 86 valence electrons. The number of carboxylic acids is 1. The molecule has 1 amide bonds. The summed E-state index contributed by atoms with van der Waals surface area (Å²) in [6, 6.07) is 0. The molecule has 0 spiro atoms. The SMILES string of the molecule is Cc1c(N2CC(C(=O)O)CC2=O)cnn1C. The van der Waals surface area contributed by atoms with Crippen LogP contribution in [-0.2, 0) is 16.6 Å². The van der Waals surface area contributed by atoms with Gasteiger partial charge < -0.3 is 10.0 Å². The number of hydrogen-bond donors (Lipinski definition) is 1. The topological polar surface area (TPSA) is 75.4 Å². The van der Waals surface area contributed by atoms with Crippen molar-refractivity contribution in [2.24, 2.45) is 13.0 Å². The second-order valence-corrected chi connectivity index (χ2v) is 3.98. The molecule has 1 unspecified atom stereocenters. The third-order valence-electron chi connectivity index (χ3n) is 2.97. The molecule has 6 nitrogen and oxygen atoms in total. The first kappa shape index (κ1) is 10.7. The molecular weight excluding hydrogens is 210 g/mol. The van der Waals surface area contributed by atoms with Gasteiger partial charge in [-0.1, -0.05) is 0 Å². The van der Waals surface area contributed by atoms with Crippen molar-refractivity contribution in [3.8, 4) is 0 Å². The molecule has 2 rings (SSSR count). The smallest absolute Gasteiger partial charge is 0.308 e. The number of carboxylic acid groups (broad SMARTS) is 1. The van der Waals surface area contributed by atoms with Gasteiger partial charge in [-0.3, -0.25) is 14.3 Å². The lowest BCUT2D eigenvalue weighted by atomic mass is 10.1. The van der Waals surface area contributed by atoms with Gasteiger partial charge in [-0.05, 0) is 6.92 Å². The van der Waals surface area contributed by atoms with E-state index in [1.54, 1.807) is 17.9 Å². The van der Waals surface area contributed by atoms with E-state index < -0.39 is 11.9 Å². The zero-order valence-corrected chi connectivity index (χ0v) is 9.17. The fourth-order valence-electron chi connectivity index (χ4n) is 1.86. The van der Waals surface area contributed by atoms with Crippen molar-refractivity contribution in [3.63, 3.8) is 0 Å². The summed E-state index contributed by atoms with van der Waals surface area (Å²) in [6.07, 6.45) is 1.67. The van der Waals surface area contributed by atoms with Crippen LogP contribution in [0.25, 0.3) is 0 Å². The van der Waals surface area contributed by atoms with E-state index in [2.05, 4.69) is 5.10 Å². The number of carbonyl (C=O) groups excluding carboxylic acids is 1. The monoisotopic (exact) mass is 223 g/mol. The minimum Gasteiger partial charge on any atom is -0.481 e. The lowest BCUT2D eigenvalue weighted by molar-refractivity contribution is -0.141. The Labute approximate surface area is 92.5 Å². The van der Waals surface area contributed by atoms with Gasteiger partial charge in [0.2, 0.25) is 5.91 Å². The van der Waals surface area contributed by atoms with Gasteiger partial charge in [-0.2, -0.15) is 5.10 Å². The third kappa shape index (κ3) is 1.56. The van der Waals surface area contributed by atoms with Crippen LogP contribution in [-0.4, -0.2) is 33.3 Å². The Morgan fingerprint density at radius 2 is 2.31 bits per heavy atom. The molecule has 0 aromatic carbocycles. The van der Waals surface area contributed by atoms with Crippen LogP contribution in [0, 0.1) is 12.8 Å². The molecule has 1 N–H and O–H groups in total. The van der Waals surface area contributed by atoms with E-state index in [1.807, 2.05) is 6.92 Å². The van der Waals surface area contributed by atoms with Gasteiger partial charge in [0.05, 0.1) is 23.5 Å². The van der Waals surface area contributed by atoms with Crippen LogP contribution in [0.4, 0.5) is 5.69 Å². The number of aromatic nitrogens is 2. The van der Waals surface area contributed by atoms with E-state index in [-0.39, 0.29) is 18.9 Å². The number of amides is 1. The summed E-state index contributed by atoms with van der Waals surface area (Å²) in [6.45, 7) is 2.09. The van der Waals surface area contributed by atoms with Crippen LogP contribution in [0.1, 0.15) is 12.1 Å². The number of carbonyl (C=O) groups is 2. The normalized spacial score (nSPS) is 20.5. The molecule has 0 saturated carbocycles. The number of aryl methyl sites for hydroxylation is 1. The summed E-state index contributed by atoms with van der Waals surface area (Å²) < 4.78 is 1.66. The molecule has 1 aliphatic heterocycles. The highest BCUT2D eigenvalue weighted by atomic mass is 16.4. The zero-order chi connectivity index (χ0) is 11.9. The van der Waals surface area contributed by atoms with Gasteiger partial charge in [-0.15, -0.1) is 0 Å². The molecule has 1 fully saturated rings. The average Bonchev–Trinajstić information content (AvgIpc) is 2.73. The van der Waals surface area contributed by atoms with Gasteiger partial charge in [0.1, 0.15) is 0 Å². The second-order valence-electron chi connectivity index (χ2n) is 3.98. The maximum absolute atomic E-state index is 11.7. The van der Waals surface area contributed by atoms with Crippen molar-refractivity contribution in [3.05, 3.63) is 11.9 Å². The molecule has 2 heterocycles. The van der Waals surface area contributed by atoms with Crippen molar-refractivity contribution in [2.45, 2.75) is 13.3 Å². The third-order valence-corrected chi connectivity index (χ3v) is 2.97. The zero-order valence-electron chi connectivity index (χ0n) is 9.17. The van der Waals surface area contributed by atoms with Gasteiger partial charge in [-0.25, -0.2) is 0 Å². The van der Waals surface area contributed by atoms with Crippen molar-refractivity contribution >= 4 is 17.6 Å². The highest BCUT2D eigenvalue weighted by Gasteiger charge is 2.36. The maximum atomic E-state index is 11.7. The van der Waals surface area contributed by atoms with E-state index in [0.717, 1.165) is 5.69 Å². The summed E-state index contributed by atoms with van der Waals surface area (Å²) in [7, 11) is 1.79. The second kappa shape index (κ2) is 3.62. The first-order chi connectivity index (χ1) is 7.50. The van der Waals surface area contributed by atoms with Crippen LogP contribution in [0.2, 0.25) is 0 Å². The highest BCUT2D eigenvalue weighted by Crippen LogP contribution is 2.27.